The van der Waals surface area contributed by atoms with Gasteiger partial charge in [0.25, 0.3) is 0 Å². The Bertz CT molecular complexity index is 660. The number of benzene rings is 2. The fraction of sp³-hybridized carbons (Fsp3) is 0.300. The minimum absolute atomic E-state index is 1.11. The molecule has 0 heterocycles. The van der Waals surface area contributed by atoms with Gasteiger partial charge in [-0.2, -0.15) is 0 Å². The summed E-state index contributed by atoms with van der Waals surface area (Å²) in [7, 11) is -1.11. The van der Waals surface area contributed by atoms with Crippen LogP contribution >= 0.6 is 0 Å². The second-order valence-corrected chi connectivity index (χ2v) is 12.8. The average Bonchev–Trinajstić information content (AvgIpc) is 2.76. The van der Waals surface area contributed by atoms with E-state index in [1.807, 2.05) is 0 Å². The van der Waals surface area contributed by atoms with Gasteiger partial charge in [0.1, 0.15) is 0 Å². The van der Waals surface area contributed by atoms with Crippen LogP contribution in [0, 0.1) is 0 Å². The fourth-order valence-corrected chi connectivity index (χ4v) is 4.76. The molecule has 0 N–H and O–H groups in total. The quantitative estimate of drug-likeness (QED) is 0.646. The molecule has 0 fully saturated rings. The van der Waals surface area contributed by atoms with Crippen molar-refractivity contribution >= 4 is 13.6 Å². The van der Waals surface area contributed by atoms with Crippen molar-refractivity contribution in [1.29, 1.82) is 0 Å². The standard InChI is InChI=1S/C20H24Si/c1-21(2,3)15-20-18(13-16-9-5-4-6-10-16)14-17-11-7-8-12-19(17)20/h4-12H,13-15H2,1-3H3. The Morgan fingerprint density at radius 1 is 0.857 bits per heavy atom. The van der Waals surface area contributed by atoms with Gasteiger partial charge in [-0.05, 0) is 41.1 Å². The van der Waals surface area contributed by atoms with E-state index in [0.717, 1.165) is 12.8 Å². The van der Waals surface area contributed by atoms with Crippen molar-refractivity contribution in [1.82, 2.24) is 0 Å². The lowest BCUT2D eigenvalue weighted by atomic mass is 10.0. The van der Waals surface area contributed by atoms with Crippen LogP contribution in [0.2, 0.25) is 25.7 Å². The highest BCUT2D eigenvalue weighted by molar-refractivity contribution is 6.77. The van der Waals surface area contributed by atoms with Crippen LogP contribution in [0.15, 0.2) is 60.2 Å². The van der Waals surface area contributed by atoms with E-state index < -0.39 is 8.07 Å². The summed E-state index contributed by atoms with van der Waals surface area (Å²) < 4.78 is 0. The van der Waals surface area contributed by atoms with Gasteiger partial charge >= 0.3 is 0 Å². The molecule has 0 unspecified atom stereocenters. The summed E-state index contributed by atoms with van der Waals surface area (Å²) in [5.41, 5.74) is 7.77. The maximum Gasteiger partial charge on any atom is 0.0487 e. The van der Waals surface area contributed by atoms with E-state index in [1.54, 1.807) is 11.1 Å². The van der Waals surface area contributed by atoms with E-state index in [4.69, 9.17) is 0 Å². The molecule has 2 aromatic carbocycles. The highest BCUT2D eigenvalue weighted by Gasteiger charge is 2.25. The van der Waals surface area contributed by atoms with Crippen molar-refractivity contribution in [2.75, 3.05) is 0 Å². The molecule has 108 valence electrons. The molecule has 2 aromatic rings. The second-order valence-electron chi connectivity index (χ2n) is 7.32. The molecule has 0 spiro atoms. The molecule has 0 radical (unpaired) electrons. The van der Waals surface area contributed by atoms with Crippen molar-refractivity contribution in [2.24, 2.45) is 0 Å². The molecule has 0 atom stereocenters. The Morgan fingerprint density at radius 2 is 1.52 bits per heavy atom. The van der Waals surface area contributed by atoms with Crippen molar-refractivity contribution in [3.63, 3.8) is 0 Å². The molecule has 0 nitrogen and oxygen atoms in total. The van der Waals surface area contributed by atoms with Gasteiger partial charge in [0.05, 0.1) is 0 Å². The summed E-state index contributed by atoms with van der Waals surface area (Å²) in [4.78, 5) is 0. The molecule has 1 aliphatic rings. The first-order valence-electron chi connectivity index (χ1n) is 7.86. The van der Waals surface area contributed by atoms with Crippen LogP contribution < -0.4 is 0 Å². The third-order valence-corrected chi connectivity index (χ3v) is 5.55. The van der Waals surface area contributed by atoms with Crippen LogP contribution in [0.25, 0.3) is 5.57 Å². The number of rotatable bonds is 4. The highest BCUT2D eigenvalue weighted by Crippen LogP contribution is 2.39. The van der Waals surface area contributed by atoms with E-state index in [-0.39, 0.29) is 0 Å². The smallest absolute Gasteiger partial charge is 0.0487 e. The minimum Gasteiger partial charge on any atom is -0.0693 e. The summed E-state index contributed by atoms with van der Waals surface area (Å²) in [6.45, 7) is 7.42. The first kappa shape index (κ1) is 14.3. The largest absolute Gasteiger partial charge is 0.0693 e. The summed E-state index contributed by atoms with van der Waals surface area (Å²) in [5.74, 6) is 0. The molecule has 3 rings (SSSR count). The lowest BCUT2D eigenvalue weighted by molar-refractivity contribution is 1.06. The van der Waals surface area contributed by atoms with Crippen LogP contribution in [0.1, 0.15) is 16.7 Å². The zero-order valence-corrected chi connectivity index (χ0v) is 14.3. The van der Waals surface area contributed by atoms with Gasteiger partial charge < -0.3 is 0 Å². The van der Waals surface area contributed by atoms with Gasteiger partial charge in [-0.1, -0.05) is 79.8 Å². The summed E-state index contributed by atoms with van der Waals surface area (Å²) >= 11 is 0. The van der Waals surface area contributed by atoms with Gasteiger partial charge in [0, 0.05) is 8.07 Å². The highest BCUT2D eigenvalue weighted by atomic mass is 28.3. The third kappa shape index (κ3) is 3.35. The molecule has 0 bridgehead atoms. The van der Waals surface area contributed by atoms with Crippen molar-refractivity contribution in [2.45, 2.75) is 38.5 Å². The Kier molecular flexibility index (Phi) is 3.86. The predicted octanol–water partition coefficient (Wildman–Crippen LogP) is 5.58. The topological polar surface area (TPSA) is 0 Å². The molecule has 1 heteroatoms. The molecule has 21 heavy (non-hydrogen) atoms. The zero-order chi connectivity index (χ0) is 14.9. The van der Waals surface area contributed by atoms with Crippen LogP contribution in [-0.2, 0) is 12.8 Å². The van der Waals surface area contributed by atoms with Gasteiger partial charge in [0.15, 0.2) is 0 Å². The van der Waals surface area contributed by atoms with Crippen LogP contribution in [0.3, 0.4) is 0 Å². The van der Waals surface area contributed by atoms with Gasteiger partial charge in [-0.3, -0.25) is 0 Å². The molecular weight excluding hydrogens is 268 g/mol. The molecule has 0 amide bonds. The molecule has 1 aliphatic carbocycles. The predicted molar refractivity (Wildman–Crippen MR) is 95.4 cm³/mol. The molecule has 0 saturated carbocycles. The maximum atomic E-state index is 2.47. The van der Waals surface area contributed by atoms with Crippen molar-refractivity contribution in [3.8, 4) is 0 Å². The number of hydrogen-bond acceptors (Lipinski definition) is 0. The number of allylic oxidation sites excluding steroid dienone is 2. The monoisotopic (exact) mass is 292 g/mol. The van der Waals surface area contributed by atoms with Gasteiger partial charge in [-0.25, -0.2) is 0 Å². The Labute approximate surface area is 129 Å². The van der Waals surface area contributed by atoms with E-state index in [2.05, 4.69) is 74.2 Å². The van der Waals surface area contributed by atoms with E-state index in [0.29, 0.717) is 0 Å². The lowest BCUT2D eigenvalue weighted by Crippen LogP contribution is -2.19. The van der Waals surface area contributed by atoms with E-state index >= 15 is 0 Å². The van der Waals surface area contributed by atoms with Crippen LogP contribution in [0.4, 0.5) is 0 Å². The summed E-state index contributed by atoms with van der Waals surface area (Å²) in [6.07, 6.45) is 2.25. The summed E-state index contributed by atoms with van der Waals surface area (Å²) in [6, 6.07) is 21.2. The summed E-state index contributed by atoms with van der Waals surface area (Å²) in [5, 5.41) is 0. The van der Waals surface area contributed by atoms with Crippen molar-refractivity contribution < 1.29 is 0 Å². The van der Waals surface area contributed by atoms with Crippen LogP contribution in [0.5, 0.6) is 0 Å². The average molecular weight is 292 g/mol. The Balaban J connectivity index is 1.97. The third-order valence-electron chi connectivity index (χ3n) is 4.14. The van der Waals surface area contributed by atoms with Gasteiger partial charge in [0.2, 0.25) is 0 Å². The molecule has 0 aromatic heterocycles. The van der Waals surface area contributed by atoms with Crippen molar-refractivity contribution in [3.05, 3.63) is 76.9 Å². The molecular formula is C20H24Si. The van der Waals surface area contributed by atoms with E-state index in [9.17, 15) is 0 Å². The normalized spacial score (nSPS) is 14.4. The first-order valence-corrected chi connectivity index (χ1v) is 11.6. The number of hydrogen-bond donors (Lipinski definition) is 0. The Morgan fingerprint density at radius 3 is 2.24 bits per heavy atom. The van der Waals surface area contributed by atoms with E-state index in [1.165, 1.54) is 22.7 Å². The minimum atomic E-state index is -1.11. The second kappa shape index (κ2) is 5.65. The number of fused-ring (bicyclic) bond motifs is 1. The maximum absolute atomic E-state index is 2.47. The Hall–Kier alpha value is -1.60. The molecule has 0 saturated heterocycles. The first-order chi connectivity index (χ1) is 10.0. The fourth-order valence-electron chi connectivity index (χ4n) is 3.26. The van der Waals surface area contributed by atoms with Gasteiger partial charge in [-0.15, -0.1) is 0 Å². The van der Waals surface area contributed by atoms with Crippen LogP contribution in [-0.4, -0.2) is 8.07 Å². The molecule has 0 aliphatic heterocycles. The lowest BCUT2D eigenvalue weighted by Gasteiger charge is -2.19. The SMILES string of the molecule is C[Si](C)(C)CC1=C(Cc2ccccc2)Cc2ccccc21. The zero-order valence-electron chi connectivity index (χ0n) is 13.3.